The van der Waals surface area contributed by atoms with Crippen LogP contribution in [0.2, 0.25) is 0 Å². The monoisotopic (exact) mass is 494 g/mol. The third-order valence-electron chi connectivity index (χ3n) is 0.311. The second kappa shape index (κ2) is 12.8. The molecule has 0 aliphatic heterocycles. The van der Waals surface area contributed by atoms with E-state index in [-0.39, 0.29) is 31.4 Å². The van der Waals surface area contributed by atoms with Gasteiger partial charge in [-0.1, -0.05) is 0 Å². The Bertz CT molecular complexity index is 69.6. The van der Waals surface area contributed by atoms with Gasteiger partial charge in [-0.05, 0) is 13.5 Å². The first-order chi connectivity index (χ1) is 4.18. The van der Waals surface area contributed by atoms with Crippen molar-refractivity contribution in [2.24, 2.45) is 0 Å². The predicted octanol–water partition coefficient (Wildman–Crippen LogP) is 2.82. The summed E-state index contributed by atoms with van der Waals surface area (Å²) >= 11 is 5.07. The van der Waals surface area contributed by atoms with Gasteiger partial charge < -0.3 is 9.84 Å². The van der Waals surface area contributed by atoms with Crippen molar-refractivity contribution in [2.75, 3.05) is 6.61 Å². The summed E-state index contributed by atoms with van der Waals surface area (Å²) in [5.41, 5.74) is 0. The average molecular weight is 492 g/mol. The van der Waals surface area contributed by atoms with Crippen LogP contribution in [0.5, 0.6) is 0 Å². The van der Waals surface area contributed by atoms with Crippen LogP contribution in [0.1, 0.15) is 6.92 Å². The second-order valence-corrected chi connectivity index (χ2v) is 20.3. The molecule has 0 heterocycles. The van der Waals surface area contributed by atoms with Gasteiger partial charge in [-0.15, -0.1) is 0 Å². The second-order valence-electron chi connectivity index (χ2n) is 0.885. The fourth-order valence-corrected chi connectivity index (χ4v) is 0.167. The van der Waals surface area contributed by atoms with Crippen LogP contribution in [0.15, 0.2) is 12.5 Å². The molecular formula is C4H8I2O2Sm. The summed E-state index contributed by atoms with van der Waals surface area (Å²) in [6, 6.07) is 0. The molecule has 0 saturated heterocycles. The Morgan fingerprint density at radius 3 is 2.11 bits per heavy atom. The number of aliphatic hydroxyl groups excluding tert-OH is 1. The zero-order valence-corrected chi connectivity index (χ0v) is 11.9. The molecule has 0 unspecified atom stereocenters. The standard InChI is InChI=1S/C4H8O2.2HI.Sm/c1-3-6-4(2)5;;;/h5H,2-3H2,1H3;2*1H;/q;;;+2/p-2. The summed E-state index contributed by atoms with van der Waals surface area (Å²) in [6.45, 7) is 5.34. The van der Waals surface area contributed by atoms with Crippen molar-refractivity contribution in [2.45, 2.75) is 6.92 Å². The molecule has 56 valence electrons. The Labute approximate surface area is 87.6 Å². The van der Waals surface area contributed by atoms with Crippen molar-refractivity contribution in [3.8, 4) is 0 Å². The third-order valence-corrected chi connectivity index (χ3v) is 0.311. The maximum atomic E-state index is 8.14. The van der Waals surface area contributed by atoms with Crippen LogP contribution in [0.3, 0.4) is 0 Å². The number of ether oxygens (including phenoxy) is 1. The van der Waals surface area contributed by atoms with E-state index < -0.39 is 0 Å². The van der Waals surface area contributed by atoms with Crippen molar-refractivity contribution in [3.05, 3.63) is 12.5 Å². The SMILES string of the molecule is C=C(O)OCC.[I][Sm][I]. The molecule has 0 radical (unpaired) electrons. The quantitative estimate of drug-likeness (QED) is 0.475. The molecule has 1 N–H and O–H groups in total. The number of hydrogen-bond acceptors (Lipinski definition) is 2. The van der Waals surface area contributed by atoms with Crippen molar-refractivity contribution < 1.29 is 35.3 Å². The van der Waals surface area contributed by atoms with Crippen LogP contribution in [0.25, 0.3) is 0 Å². The average Bonchev–Trinajstić information content (AvgIpc) is 1.67. The van der Waals surface area contributed by atoms with E-state index in [1.165, 1.54) is 0 Å². The van der Waals surface area contributed by atoms with Crippen LogP contribution in [0.4, 0.5) is 0 Å². The molecule has 0 atom stereocenters. The van der Waals surface area contributed by atoms with Crippen LogP contribution < -0.4 is 0 Å². The van der Waals surface area contributed by atoms with Gasteiger partial charge >= 0.3 is 54.0 Å². The van der Waals surface area contributed by atoms with Crippen LogP contribution in [0, 0.1) is 25.5 Å². The molecule has 0 fully saturated rings. The summed E-state index contributed by atoms with van der Waals surface area (Å²) in [6.07, 6.45) is 0. The zero-order valence-electron chi connectivity index (χ0n) is 4.93. The van der Waals surface area contributed by atoms with E-state index in [0.29, 0.717) is 6.61 Å². The minimum atomic E-state index is -0.211. The van der Waals surface area contributed by atoms with Crippen LogP contribution in [-0.4, -0.2) is 11.7 Å². The number of aliphatic hydroxyl groups is 1. The Kier molecular flexibility index (Phi) is 19.5. The Morgan fingerprint density at radius 2 is 2.11 bits per heavy atom. The van der Waals surface area contributed by atoms with Gasteiger partial charge in [-0.2, -0.15) is 0 Å². The Hall–Kier alpha value is 2.14. The normalized spacial score (nSPS) is 7.00. The molecule has 0 aliphatic rings. The Morgan fingerprint density at radius 1 is 1.78 bits per heavy atom. The Balaban J connectivity index is 0. The fourth-order valence-electron chi connectivity index (χ4n) is 0.167. The maximum absolute atomic E-state index is 8.14. The van der Waals surface area contributed by atoms with Gasteiger partial charge in [-0.25, -0.2) is 0 Å². The third kappa shape index (κ3) is 25.4. The summed E-state index contributed by atoms with van der Waals surface area (Å²) in [5.74, 6) is -0.211. The van der Waals surface area contributed by atoms with Gasteiger partial charge in [0.1, 0.15) is 0 Å². The first kappa shape index (κ1) is 13.7. The number of hydrogen-bond donors (Lipinski definition) is 1. The molecule has 0 aliphatic carbocycles. The summed E-state index contributed by atoms with van der Waals surface area (Å²) < 4.78 is 4.40. The van der Waals surface area contributed by atoms with Crippen LogP contribution >= 0.6 is 28.6 Å². The van der Waals surface area contributed by atoms with E-state index in [0.717, 1.165) is 0 Å². The van der Waals surface area contributed by atoms with Crippen molar-refractivity contribution in [1.82, 2.24) is 0 Å². The molecule has 0 spiro atoms. The predicted molar refractivity (Wildman–Crippen MR) is 51.4 cm³/mol. The molecule has 0 saturated carbocycles. The molecule has 0 bridgehead atoms. The van der Waals surface area contributed by atoms with E-state index in [9.17, 15) is 0 Å². The van der Waals surface area contributed by atoms with Gasteiger partial charge in [0.15, 0.2) is 0 Å². The topological polar surface area (TPSA) is 29.5 Å². The van der Waals surface area contributed by atoms with E-state index >= 15 is 0 Å². The molecule has 9 heavy (non-hydrogen) atoms. The number of halogens is 2. The molecule has 0 aromatic heterocycles. The molecule has 0 aromatic carbocycles. The molecular weight excluding hydrogens is 484 g/mol. The molecule has 5 heteroatoms. The van der Waals surface area contributed by atoms with Crippen molar-refractivity contribution in [3.63, 3.8) is 0 Å². The first-order valence-corrected chi connectivity index (χ1v) is 17.1. The molecule has 0 amide bonds. The van der Waals surface area contributed by atoms with E-state index in [2.05, 4.69) is 39.9 Å². The van der Waals surface area contributed by atoms with E-state index in [1.54, 1.807) is 6.92 Å². The fraction of sp³-hybridized carbons (Fsp3) is 0.500. The van der Waals surface area contributed by atoms with Gasteiger partial charge in [-0.3, -0.25) is 0 Å². The summed E-state index contributed by atoms with van der Waals surface area (Å²) in [4.78, 5) is 0. The molecule has 0 aromatic rings. The van der Waals surface area contributed by atoms with Crippen molar-refractivity contribution in [1.29, 1.82) is 0 Å². The molecule has 2 nitrogen and oxygen atoms in total. The van der Waals surface area contributed by atoms with E-state index in [4.69, 9.17) is 5.11 Å². The van der Waals surface area contributed by atoms with E-state index in [1.807, 2.05) is 0 Å². The van der Waals surface area contributed by atoms with Gasteiger partial charge in [0.25, 0.3) is 5.95 Å². The minimum absolute atomic E-state index is 0.190. The van der Waals surface area contributed by atoms with Crippen molar-refractivity contribution >= 4 is 28.6 Å². The summed E-state index contributed by atoms with van der Waals surface area (Å²) in [5, 5.41) is 8.14. The van der Waals surface area contributed by atoms with Gasteiger partial charge in [0, 0.05) is 0 Å². The van der Waals surface area contributed by atoms with Gasteiger partial charge in [0.05, 0.1) is 6.61 Å². The van der Waals surface area contributed by atoms with Crippen LogP contribution in [-0.2, 0) is 4.74 Å². The van der Waals surface area contributed by atoms with Gasteiger partial charge in [0.2, 0.25) is 0 Å². The summed E-state index contributed by atoms with van der Waals surface area (Å²) in [7, 11) is 0. The zero-order chi connectivity index (χ0) is 7.70. The number of rotatable bonds is 2. The molecule has 0 rings (SSSR count). The first-order valence-electron chi connectivity index (χ1n) is 2.09.